The number of aromatic nitrogens is 2. The van der Waals surface area contributed by atoms with Crippen molar-refractivity contribution < 1.29 is 13.2 Å². The van der Waals surface area contributed by atoms with Gasteiger partial charge in [-0.05, 0) is 20.8 Å². The average molecular weight is 290 g/mol. The molecule has 0 fully saturated rings. The van der Waals surface area contributed by atoms with Crippen molar-refractivity contribution in [2.24, 2.45) is 5.73 Å². The summed E-state index contributed by atoms with van der Waals surface area (Å²) in [6, 6.07) is -0.299. The van der Waals surface area contributed by atoms with Crippen molar-refractivity contribution in [1.29, 1.82) is 0 Å². The molecule has 0 saturated heterocycles. The Kier molecular flexibility index (Phi) is 5.48. The van der Waals surface area contributed by atoms with E-state index in [1.807, 2.05) is 0 Å². The van der Waals surface area contributed by atoms with Gasteiger partial charge in [-0.2, -0.15) is 5.10 Å². The van der Waals surface area contributed by atoms with Crippen LogP contribution in [0.3, 0.4) is 0 Å². The lowest BCUT2D eigenvalue weighted by Gasteiger charge is -2.13. The average Bonchev–Trinajstić information content (AvgIpc) is 2.54. The molecule has 3 N–H and O–H groups in total. The monoisotopic (exact) mass is 290 g/mol. The zero-order valence-electron chi connectivity index (χ0n) is 11.8. The number of methoxy groups -OCH3 is 1. The molecule has 0 spiro atoms. The van der Waals surface area contributed by atoms with Crippen molar-refractivity contribution in [3.63, 3.8) is 0 Å². The summed E-state index contributed by atoms with van der Waals surface area (Å²) in [5, 5.41) is 4.21. The van der Waals surface area contributed by atoms with Crippen LogP contribution in [-0.4, -0.2) is 44.5 Å². The lowest BCUT2D eigenvalue weighted by molar-refractivity contribution is 0.180. The van der Waals surface area contributed by atoms with Crippen LogP contribution in [0.4, 0.5) is 0 Å². The van der Waals surface area contributed by atoms with Crippen molar-refractivity contribution in [2.75, 3.05) is 20.3 Å². The van der Waals surface area contributed by atoms with Crippen LogP contribution in [0.25, 0.3) is 0 Å². The highest BCUT2D eigenvalue weighted by molar-refractivity contribution is 7.89. The Morgan fingerprint density at radius 3 is 2.63 bits per heavy atom. The smallest absolute Gasteiger partial charge is 0.244 e. The van der Waals surface area contributed by atoms with Crippen molar-refractivity contribution in [1.82, 2.24) is 14.5 Å². The third kappa shape index (κ3) is 3.75. The summed E-state index contributed by atoms with van der Waals surface area (Å²) in [5.74, 6) is 0. The third-order valence-electron chi connectivity index (χ3n) is 2.70. The van der Waals surface area contributed by atoms with Gasteiger partial charge in [-0.1, -0.05) is 0 Å². The number of hydrogen-bond donors (Lipinski definition) is 2. The molecule has 1 rings (SSSR count). The van der Waals surface area contributed by atoms with Gasteiger partial charge in [-0.3, -0.25) is 4.68 Å². The van der Waals surface area contributed by atoms with Crippen LogP contribution in [0.15, 0.2) is 4.90 Å². The standard InChI is InChI=1S/C11H22N4O3S/c1-8(7-18-4)14-19(16,17)11-9(2)13-15(6-5-12)10(11)3/h8,14H,5-7,12H2,1-4H3. The fourth-order valence-electron chi connectivity index (χ4n) is 2.02. The Morgan fingerprint density at radius 2 is 2.11 bits per heavy atom. The topological polar surface area (TPSA) is 99.2 Å². The van der Waals surface area contributed by atoms with Gasteiger partial charge in [-0.25, -0.2) is 13.1 Å². The molecule has 0 aliphatic rings. The van der Waals surface area contributed by atoms with E-state index in [4.69, 9.17) is 10.5 Å². The van der Waals surface area contributed by atoms with Crippen LogP contribution in [0, 0.1) is 13.8 Å². The summed E-state index contributed by atoms with van der Waals surface area (Å²) in [4.78, 5) is 0.226. The highest BCUT2D eigenvalue weighted by Gasteiger charge is 2.25. The molecule has 0 saturated carbocycles. The first-order chi connectivity index (χ1) is 8.83. The molecule has 0 radical (unpaired) electrons. The minimum absolute atomic E-state index is 0.226. The van der Waals surface area contributed by atoms with Gasteiger partial charge in [0.25, 0.3) is 0 Å². The molecule has 1 heterocycles. The molecule has 110 valence electrons. The van der Waals surface area contributed by atoms with Crippen LogP contribution in [0.1, 0.15) is 18.3 Å². The second-order valence-electron chi connectivity index (χ2n) is 4.49. The molecule has 0 bridgehead atoms. The largest absolute Gasteiger partial charge is 0.383 e. The van der Waals surface area contributed by atoms with Gasteiger partial charge in [-0.15, -0.1) is 0 Å². The molecule has 1 aromatic rings. The van der Waals surface area contributed by atoms with E-state index in [2.05, 4.69) is 9.82 Å². The minimum Gasteiger partial charge on any atom is -0.383 e. The zero-order chi connectivity index (χ0) is 14.6. The Hall–Kier alpha value is -0.960. The summed E-state index contributed by atoms with van der Waals surface area (Å²) in [7, 11) is -2.07. The predicted molar refractivity (Wildman–Crippen MR) is 72.4 cm³/mol. The second-order valence-corrected chi connectivity index (χ2v) is 6.14. The third-order valence-corrected chi connectivity index (χ3v) is 4.54. The Labute approximate surface area is 114 Å². The van der Waals surface area contributed by atoms with E-state index in [1.165, 1.54) is 7.11 Å². The van der Waals surface area contributed by atoms with E-state index >= 15 is 0 Å². The molecule has 19 heavy (non-hydrogen) atoms. The zero-order valence-corrected chi connectivity index (χ0v) is 12.6. The molecule has 8 heteroatoms. The van der Waals surface area contributed by atoms with Crippen LogP contribution in [0.2, 0.25) is 0 Å². The number of nitrogens with zero attached hydrogens (tertiary/aromatic N) is 2. The van der Waals surface area contributed by atoms with E-state index in [1.54, 1.807) is 25.5 Å². The highest BCUT2D eigenvalue weighted by atomic mass is 32.2. The summed E-state index contributed by atoms with van der Waals surface area (Å²) in [6.07, 6.45) is 0. The number of sulfonamides is 1. The van der Waals surface area contributed by atoms with Crippen molar-refractivity contribution in [2.45, 2.75) is 38.3 Å². The fourth-order valence-corrected chi connectivity index (χ4v) is 3.66. The number of aryl methyl sites for hydroxylation is 1. The first-order valence-electron chi connectivity index (χ1n) is 6.08. The normalized spacial score (nSPS) is 13.7. The number of nitrogens with two attached hydrogens (primary N) is 1. The van der Waals surface area contributed by atoms with E-state index in [9.17, 15) is 8.42 Å². The minimum atomic E-state index is -3.59. The van der Waals surface area contributed by atoms with Crippen molar-refractivity contribution in [3.8, 4) is 0 Å². The van der Waals surface area contributed by atoms with E-state index in [0.717, 1.165) is 0 Å². The first kappa shape index (κ1) is 16.1. The number of hydrogen-bond acceptors (Lipinski definition) is 5. The van der Waals surface area contributed by atoms with Gasteiger partial charge in [0.05, 0.1) is 24.5 Å². The molecular formula is C11H22N4O3S. The number of ether oxygens (including phenoxy) is 1. The van der Waals surface area contributed by atoms with Gasteiger partial charge in [0.1, 0.15) is 4.90 Å². The van der Waals surface area contributed by atoms with Crippen LogP contribution < -0.4 is 10.5 Å². The van der Waals surface area contributed by atoms with Gasteiger partial charge >= 0.3 is 0 Å². The summed E-state index contributed by atoms with van der Waals surface area (Å²) in [6.45, 7) is 6.37. The van der Waals surface area contributed by atoms with E-state index in [0.29, 0.717) is 31.1 Å². The molecule has 0 amide bonds. The Morgan fingerprint density at radius 1 is 1.47 bits per heavy atom. The molecule has 1 unspecified atom stereocenters. The molecule has 7 nitrogen and oxygen atoms in total. The maximum atomic E-state index is 12.3. The quantitative estimate of drug-likeness (QED) is 0.723. The highest BCUT2D eigenvalue weighted by Crippen LogP contribution is 2.19. The molecular weight excluding hydrogens is 268 g/mol. The van der Waals surface area contributed by atoms with Crippen molar-refractivity contribution >= 4 is 10.0 Å². The number of nitrogens with one attached hydrogen (secondary N) is 1. The Bertz CT molecular complexity index is 524. The van der Waals surface area contributed by atoms with Crippen LogP contribution in [-0.2, 0) is 21.3 Å². The number of rotatable bonds is 7. The summed E-state index contributed by atoms with van der Waals surface area (Å²) in [5.41, 5.74) is 6.55. The molecule has 0 aliphatic heterocycles. The molecule has 1 aromatic heterocycles. The maximum absolute atomic E-state index is 12.3. The SMILES string of the molecule is COCC(C)NS(=O)(=O)c1c(C)nn(CCN)c1C. The fraction of sp³-hybridized carbons (Fsp3) is 0.727. The van der Waals surface area contributed by atoms with Gasteiger partial charge < -0.3 is 10.5 Å². The maximum Gasteiger partial charge on any atom is 0.244 e. The predicted octanol–water partition coefficient (Wildman–Crippen LogP) is -0.228. The van der Waals surface area contributed by atoms with Crippen molar-refractivity contribution in [3.05, 3.63) is 11.4 Å². The molecule has 1 atom stereocenters. The molecule has 0 aliphatic carbocycles. The van der Waals surface area contributed by atoms with Gasteiger partial charge in [0, 0.05) is 19.7 Å². The Balaban J connectivity index is 3.08. The summed E-state index contributed by atoms with van der Waals surface area (Å²) < 4.78 is 33.8. The van der Waals surface area contributed by atoms with Gasteiger partial charge in [0.2, 0.25) is 10.0 Å². The summed E-state index contributed by atoms with van der Waals surface area (Å²) >= 11 is 0. The van der Waals surface area contributed by atoms with E-state index < -0.39 is 10.0 Å². The van der Waals surface area contributed by atoms with Crippen LogP contribution in [0.5, 0.6) is 0 Å². The van der Waals surface area contributed by atoms with E-state index in [-0.39, 0.29) is 10.9 Å². The van der Waals surface area contributed by atoms with Gasteiger partial charge in [0.15, 0.2) is 0 Å². The second kappa shape index (κ2) is 6.47. The molecule has 0 aromatic carbocycles. The first-order valence-corrected chi connectivity index (χ1v) is 7.57. The van der Waals surface area contributed by atoms with Crippen LogP contribution >= 0.6 is 0 Å². The lowest BCUT2D eigenvalue weighted by atomic mass is 10.4. The lowest BCUT2D eigenvalue weighted by Crippen LogP contribution is -2.36.